The Morgan fingerprint density at radius 1 is 1.17 bits per heavy atom. The molecule has 0 saturated heterocycles. The second kappa shape index (κ2) is 11.6. The van der Waals surface area contributed by atoms with E-state index in [0.717, 1.165) is 10.4 Å². The molecule has 0 saturated carbocycles. The van der Waals surface area contributed by atoms with Crippen LogP contribution in [0, 0.1) is 12.7 Å². The van der Waals surface area contributed by atoms with Crippen LogP contribution in [0.5, 0.6) is 5.75 Å². The van der Waals surface area contributed by atoms with Crippen LogP contribution in [0.15, 0.2) is 97.6 Å². The van der Waals surface area contributed by atoms with Gasteiger partial charge in [0.15, 0.2) is 4.80 Å². The summed E-state index contributed by atoms with van der Waals surface area (Å²) >= 11 is 8.53. The van der Waals surface area contributed by atoms with Gasteiger partial charge in [-0.3, -0.25) is 14.2 Å². The van der Waals surface area contributed by atoms with E-state index in [9.17, 15) is 14.0 Å². The number of carbonyl (C=O) groups excluding carboxylic acids is 1. The fourth-order valence-electron chi connectivity index (χ4n) is 4.63. The molecule has 0 radical (unpaired) electrons. The summed E-state index contributed by atoms with van der Waals surface area (Å²) in [7, 11) is 0. The van der Waals surface area contributed by atoms with E-state index >= 15 is 0 Å². The maximum absolute atomic E-state index is 13.8. The number of para-hydroxylation sites is 1. The molecule has 11 heteroatoms. The number of amides is 1. The number of nitrogens with zero attached hydrogens (tertiary/aromatic N) is 2. The van der Waals surface area contributed by atoms with Crippen molar-refractivity contribution in [1.82, 2.24) is 4.57 Å². The Morgan fingerprint density at radius 3 is 2.76 bits per heavy atom. The van der Waals surface area contributed by atoms with E-state index in [0.29, 0.717) is 43.6 Å². The number of ether oxygens (including phenoxy) is 1. The van der Waals surface area contributed by atoms with Crippen molar-refractivity contribution in [3.05, 3.63) is 136 Å². The lowest BCUT2D eigenvalue weighted by atomic mass is 10.0. The molecule has 1 atom stereocenters. The first kappa shape index (κ1) is 27.9. The van der Waals surface area contributed by atoms with Crippen molar-refractivity contribution >= 4 is 51.9 Å². The second-order valence-electron chi connectivity index (χ2n) is 9.53. The summed E-state index contributed by atoms with van der Waals surface area (Å²) in [6, 6.07) is 18.3. The molecule has 6 rings (SSSR count). The molecule has 1 amide bonds. The number of thiophene rings is 1. The molecule has 7 nitrogen and oxygen atoms in total. The first-order valence-electron chi connectivity index (χ1n) is 12.9. The van der Waals surface area contributed by atoms with E-state index in [1.54, 1.807) is 29.7 Å². The third-order valence-corrected chi connectivity index (χ3v) is 8.90. The summed E-state index contributed by atoms with van der Waals surface area (Å²) in [6.45, 7) is 3.80. The zero-order valence-electron chi connectivity index (χ0n) is 22.4. The third-order valence-electron chi connectivity index (χ3n) is 6.70. The van der Waals surface area contributed by atoms with Crippen molar-refractivity contribution in [2.75, 3.05) is 5.32 Å². The van der Waals surface area contributed by atoms with E-state index < -0.39 is 11.9 Å². The van der Waals surface area contributed by atoms with Gasteiger partial charge in [0.05, 0.1) is 20.8 Å². The normalized spacial score (nSPS) is 15.0. The molecule has 1 aliphatic rings. The zero-order valence-corrected chi connectivity index (χ0v) is 24.8. The number of halogens is 2. The number of hydrogen-bond donors (Lipinski definition) is 1. The first-order valence-corrected chi connectivity index (χ1v) is 15.0. The Hall–Kier alpha value is -4.25. The number of nitrogens with one attached hydrogen (secondary N) is 1. The lowest BCUT2D eigenvalue weighted by Crippen LogP contribution is -2.40. The number of thiazole rings is 1. The maximum atomic E-state index is 13.8. The molecule has 0 fully saturated rings. The smallest absolute Gasteiger partial charge is 0.271 e. The highest BCUT2D eigenvalue weighted by molar-refractivity contribution is 7.10. The number of fused-ring (bicyclic) bond motifs is 1. The number of rotatable bonds is 7. The number of aromatic nitrogens is 1. The van der Waals surface area contributed by atoms with E-state index in [4.69, 9.17) is 20.8 Å². The number of benzene rings is 2. The predicted molar refractivity (Wildman–Crippen MR) is 162 cm³/mol. The molecule has 0 aliphatic carbocycles. The van der Waals surface area contributed by atoms with Gasteiger partial charge in [-0.05, 0) is 61.2 Å². The SMILES string of the molecule is CC1=C(C(=O)Nc2ccccc2C)C(c2cccs2)n2c(s/c(=C/c3ccc(COc4ccc(F)c(Cl)c4)o3)c2=O)=N1. The highest BCUT2D eigenvalue weighted by Gasteiger charge is 2.33. The van der Waals surface area contributed by atoms with Gasteiger partial charge in [-0.25, -0.2) is 9.38 Å². The van der Waals surface area contributed by atoms with Crippen LogP contribution in [0.3, 0.4) is 0 Å². The largest absolute Gasteiger partial charge is 0.486 e. The molecular formula is C31H23ClFN3O4S2. The highest BCUT2D eigenvalue weighted by Crippen LogP contribution is 2.33. The van der Waals surface area contributed by atoms with Crippen LogP contribution in [0.1, 0.15) is 34.9 Å². The Kier molecular flexibility index (Phi) is 7.68. The van der Waals surface area contributed by atoms with Crippen molar-refractivity contribution in [3.8, 4) is 5.75 Å². The van der Waals surface area contributed by atoms with Crippen molar-refractivity contribution < 1.29 is 18.3 Å². The maximum Gasteiger partial charge on any atom is 0.271 e. The van der Waals surface area contributed by atoms with Crippen molar-refractivity contribution in [2.24, 2.45) is 4.99 Å². The van der Waals surface area contributed by atoms with E-state index in [2.05, 4.69) is 10.3 Å². The molecule has 0 spiro atoms. The van der Waals surface area contributed by atoms with E-state index in [-0.39, 0.29) is 23.1 Å². The van der Waals surface area contributed by atoms with Gasteiger partial charge in [0, 0.05) is 22.7 Å². The van der Waals surface area contributed by atoms with E-state index in [1.165, 1.54) is 40.9 Å². The van der Waals surface area contributed by atoms with Crippen LogP contribution >= 0.6 is 34.3 Å². The number of furan rings is 1. The van der Waals surface area contributed by atoms with Crippen LogP contribution < -0.4 is 24.9 Å². The van der Waals surface area contributed by atoms with Gasteiger partial charge in [0.25, 0.3) is 11.5 Å². The van der Waals surface area contributed by atoms with Gasteiger partial charge in [0.2, 0.25) is 0 Å². The summed E-state index contributed by atoms with van der Waals surface area (Å²) in [5, 5.41) is 4.89. The Balaban J connectivity index is 1.32. The third kappa shape index (κ3) is 5.48. The number of anilines is 1. The molecule has 4 heterocycles. The summed E-state index contributed by atoms with van der Waals surface area (Å²) in [6.07, 6.45) is 1.65. The average Bonchev–Trinajstić information content (AvgIpc) is 3.72. The standard InChI is InChI=1S/C31H23ClFN3O4S2/c1-17-6-3-4-7-24(17)35-29(37)27-18(2)34-31-36(28(27)25-8-5-13-41-25)30(38)26(42-31)15-20-9-10-21(40-20)16-39-19-11-12-23(33)22(32)14-19/h3-15,28H,16H2,1-2H3,(H,35,37)/b26-15+. The Morgan fingerprint density at radius 2 is 2.00 bits per heavy atom. The topological polar surface area (TPSA) is 85.8 Å². The molecular weight excluding hydrogens is 597 g/mol. The summed E-state index contributed by atoms with van der Waals surface area (Å²) in [5.41, 5.74) is 2.31. The minimum absolute atomic E-state index is 0.0325. The monoisotopic (exact) mass is 619 g/mol. The fourth-order valence-corrected chi connectivity index (χ4v) is 6.65. The summed E-state index contributed by atoms with van der Waals surface area (Å²) in [4.78, 5) is 33.5. The number of allylic oxidation sites excluding steroid dienone is 1. The minimum atomic E-state index is -0.629. The summed E-state index contributed by atoms with van der Waals surface area (Å²) < 4.78 is 26.9. The lowest BCUT2D eigenvalue weighted by molar-refractivity contribution is -0.113. The minimum Gasteiger partial charge on any atom is -0.486 e. The van der Waals surface area contributed by atoms with Crippen molar-refractivity contribution in [2.45, 2.75) is 26.5 Å². The first-order chi connectivity index (χ1) is 20.3. The molecule has 2 aromatic carbocycles. The van der Waals surface area contributed by atoms with Gasteiger partial charge < -0.3 is 14.5 Å². The lowest BCUT2D eigenvalue weighted by Gasteiger charge is -2.24. The van der Waals surface area contributed by atoms with Crippen LogP contribution in [-0.4, -0.2) is 10.5 Å². The van der Waals surface area contributed by atoms with Crippen molar-refractivity contribution in [1.29, 1.82) is 0 Å². The quantitative estimate of drug-likeness (QED) is 0.235. The Bertz CT molecular complexity index is 2020. The average molecular weight is 620 g/mol. The molecule has 0 bridgehead atoms. The van der Waals surface area contributed by atoms with Gasteiger partial charge in [-0.2, -0.15) is 0 Å². The summed E-state index contributed by atoms with van der Waals surface area (Å²) in [5.74, 6) is 0.533. The van der Waals surface area contributed by atoms with Crippen LogP contribution in [-0.2, 0) is 11.4 Å². The molecule has 212 valence electrons. The number of carbonyl (C=O) groups is 1. The van der Waals surface area contributed by atoms with Gasteiger partial charge in [0.1, 0.15) is 35.7 Å². The second-order valence-corrected chi connectivity index (χ2v) is 11.9. The molecule has 1 N–H and O–H groups in total. The number of aryl methyl sites for hydroxylation is 1. The molecule has 42 heavy (non-hydrogen) atoms. The van der Waals surface area contributed by atoms with E-state index in [1.807, 2.05) is 48.7 Å². The zero-order chi connectivity index (χ0) is 29.4. The van der Waals surface area contributed by atoms with Crippen LogP contribution in [0.4, 0.5) is 10.1 Å². The predicted octanol–water partition coefficient (Wildman–Crippen LogP) is 6.21. The molecule has 3 aromatic heterocycles. The van der Waals surface area contributed by atoms with Crippen LogP contribution in [0.25, 0.3) is 6.08 Å². The van der Waals surface area contributed by atoms with Crippen LogP contribution in [0.2, 0.25) is 5.02 Å². The van der Waals surface area contributed by atoms with Crippen molar-refractivity contribution in [3.63, 3.8) is 0 Å². The highest BCUT2D eigenvalue weighted by atomic mass is 35.5. The molecule has 1 aliphatic heterocycles. The fraction of sp³-hybridized carbons (Fsp3) is 0.129. The molecule has 1 unspecified atom stereocenters. The van der Waals surface area contributed by atoms with Gasteiger partial charge in [-0.1, -0.05) is 47.2 Å². The Labute approximate surface area is 252 Å². The molecule has 5 aromatic rings. The van der Waals surface area contributed by atoms with Gasteiger partial charge >= 0.3 is 0 Å². The van der Waals surface area contributed by atoms with Gasteiger partial charge in [-0.15, -0.1) is 11.3 Å². The number of hydrogen-bond acceptors (Lipinski definition) is 7.